The lowest BCUT2D eigenvalue weighted by Crippen LogP contribution is -2.23. The van der Waals surface area contributed by atoms with Gasteiger partial charge < -0.3 is 14.8 Å². The molecular formula is C23H21F2NO3S. The molecule has 7 heteroatoms. The van der Waals surface area contributed by atoms with Gasteiger partial charge in [0, 0.05) is 11.4 Å². The number of alkyl halides is 2. The van der Waals surface area contributed by atoms with Gasteiger partial charge in [-0.25, -0.2) is 0 Å². The van der Waals surface area contributed by atoms with Gasteiger partial charge in [0.25, 0.3) is 11.7 Å². The summed E-state index contributed by atoms with van der Waals surface area (Å²) in [5, 5.41) is 2.76. The Labute approximate surface area is 178 Å². The van der Waals surface area contributed by atoms with Gasteiger partial charge in [-0.15, -0.1) is 0 Å². The Morgan fingerprint density at radius 2 is 1.70 bits per heavy atom. The Balaban J connectivity index is 1.64. The van der Waals surface area contributed by atoms with Crippen molar-refractivity contribution in [2.24, 2.45) is 0 Å². The van der Waals surface area contributed by atoms with E-state index in [0.29, 0.717) is 29.9 Å². The number of halogens is 2. The molecule has 3 aromatic rings. The summed E-state index contributed by atoms with van der Waals surface area (Å²) in [6.07, 6.45) is 0. The van der Waals surface area contributed by atoms with Crippen LogP contribution < -0.4 is 14.8 Å². The maximum absolute atomic E-state index is 12.7. The van der Waals surface area contributed by atoms with E-state index in [-0.39, 0.29) is 17.0 Å². The summed E-state index contributed by atoms with van der Waals surface area (Å²) in [7, 11) is 1.55. The Bertz CT molecular complexity index is 983. The van der Waals surface area contributed by atoms with E-state index in [1.54, 1.807) is 31.4 Å². The lowest BCUT2D eigenvalue weighted by Gasteiger charge is -2.13. The Morgan fingerprint density at radius 1 is 0.967 bits per heavy atom. The third-order valence-electron chi connectivity index (χ3n) is 4.27. The van der Waals surface area contributed by atoms with Gasteiger partial charge in [-0.2, -0.15) is 8.78 Å². The number of amides is 1. The van der Waals surface area contributed by atoms with Crippen molar-refractivity contribution >= 4 is 17.7 Å². The zero-order valence-electron chi connectivity index (χ0n) is 16.3. The average molecular weight is 429 g/mol. The molecule has 0 aliphatic carbocycles. The van der Waals surface area contributed by atoms with Crippen LogP contribution in [0, 0.1) is 0 Å². The number of hydrogen-bond acceptors (Lipinski definition) is 4. The average Bonchev–Trinajstić information content (AvgIpc) is 2.77. The van der Waals surface area contributed by atoms with Crippen LogP contribution in [0.1, 0.15) is 21.5 Å². The van der Waals surface area contributed by atoms with E-state index >= 15 is 0 Å². The number of benzene rings is 3. The maximum Gasteiger partial charge on any atom is 0.288 e. The van der Waals surface area contributed by atoms with Gasteiger partial charge >= 0.3 is 0 Å². The summed E-state index contributed by atoms with van der Waals surface area (Å²) in [6, 6.07) is 21.5. The van der Waals surface area contributed by atoms with E-state index in [0.717, 1.165) is 11.1 Å². The monoisotopic (exact) mass is 429 g/mol. The SMILES string of the molecule is COc1cc(CNC(=O)c2ccccc2SC(F)F)ccc1OCc1ccccc1. The van der Waals surface area contributed by atoms with Gasteiger partial charge in [-0.3, -0.25) is 4.79 Å². The number of nitrogens with one attached hydrogen (secondary N) is 1. The van der Waals surface area contributed by atoms with Gasteiger partial charge in [0.05, 0.1) is 12.7 Å². The first-order valence-corrected chi connectivity index (χ1v) is 10.1. The largest absolute Gasteiger partial charge is 0.493 e. The molecule has 0 heterocycles. The summed E-state index contributed by atoms with van der Waals surface area (Å²) < 4.78 is 36.7. The molecule has 0 aliphatic rings. The molecule has 1 amide bonds. The van der Waals surface area contributed by atoms with E-state index in [4.69, 9.17) is 9.47 Å². The zero-order valence-corrected chi connectivity index (χ0v) is 17.1. The molecule has 0 saturated carbocycles. The molecule has 0 saturated heterocycles. The summed E-state index contributed by atoms with van der Waals surface area (Å²) >= 11 is 0.356. The first-order chi connectivity index (χ1) is 14.6. The highest BCUT2D eigenvalue weighted by Gasteiger charge is 2.15. The molecule has 0 atom stereocenters. The van der Waals surface area contributed by atoms with E-state index in [2.05, 4.69) is 5.32 Å². The Morgan fingerprint density at radius 3 is 2.43 bits per heavy atom. The third kappa shape index (κ3) is 5.97. The van der Waals surface area contributed by atoms with Gasteiger partial charge in [0.2, 0.25) is 0 Å². The van der Waals surface area contributed by atoms with Crippen LogP contribution in [-0.4, -0.2) is 18.8 Å². The van der Waals surface area contributed by atoms with Crippen molar-refractivity contribution in [1.29, 1.82) is 0 Å². The van der Waals surface area contributed by atoms with Crippen molar-refractivity contribution in [3.05, 3.63) is 89.5 Å². The zero-order chi connectivity index (χ0) is 21.3. The summed E-state index contributed by atoms with van der Waals surface area (Å²) in [4.78, 5) is 12.7. The molecule has 156 valence electrons. The van der Waals surface area contributed by atoms with Crippen molar-refractivity contribution < 1.29 is 23.0 Å². The van der Waals surface area contributed by atoms with Gasteiger partial charge in [0.1, 0.15) is 6.61 Å². The lowest BCUT2D eigenvalue weighted by atomic mass is 10.1. The van der Waals surface area contributed by atoms with Crippen LogP contribution in [0.2, 0.25) is 0 Å². The summed E-state index contributed by atoms with van der Waals surface area (Å²) in [5.41, 5.74) is 2.06. The van der Waals surface area contributed by atoms with Crippen LogP contribution in [0.4, 0.5) is 8.78 Å². The standard InChI is InChI=1S/C23H21F2NO3S/c1-28-20-13-17(11-12-19(20)29-15-16-7-3-2-4-8-16)14-26-22(27)18-9-5-6-10-21(18)30-23(24)25/h2-13,23H,14-15H2,1H3,(H,26,27). The Hall–Kier alpha value is -3.06. The minimum atomic E-state index is -2.59. The second-order valence-corrected chi connectivity index (χ2v) is 7.35. The molecule has 3 aromatic carbocycles. The lowest BCUT2D eigenvalue weighted by molar-refractivity contribution is 0.0948. The molecule has 0 unspecified atom stereocenters. The highest BCUT2D eigenvalue weighted by Crippen LogP contribution is 2.30. The Kier molecular flexibility index (Phi) is 7.68. The normalized spacial score (nSPS) is 10.7. The molecule has 0 fully saturated rings. The van der Waals surface area contributed by atoms with E-state index in [1.807, 2.05) is 36.4 Å². The number of rotatable bonds is 9. The van der Waals surface area contributed by atoms with Gasteiger partial charge in [-0.1, -0.05) is 60.3 Å². The molecule has 0 spiro atoms. The number of hydrogen-bond donors (Lipinski definition) is 1. The van der Waals surface area contributed by atoms with Crippen LogP contribution >= 0.6 is 11.8 Å². The van der Waals surface area contributed by atoms with Crippen molar-refractivity contribution in [3.8, 4) is 11.5 Å². The van der Waals surface area contributed by atoms with Crippen LogP contribution in [0.25, 0.3) is 0 Å². The highest BCUT2D eigenvalue weighted by atomic mass is 32.2. The van der Waals surface area contributed by atoms with Gasteiger partial charge in [-0.05, 0) is 35.4 Å². The molecule has 0 aromatic heterocycles. The van der Waals surface area contributed by atoms with Crippen molar-refractivity contribution in [2.75, 3.05) is 7.11 Å². The van der Waals surface area contributed by atoms with E-state index in [9.17, 15) is 13.6 Å². The first kappa shape index (κ1) is 21.6. The molecule has 0 bridgehead atoms. The fourth-order valence-corrected chi connectivity index (χ4v) is 3.44. The number of thioether (sulfide) groups is 1. The minimum absolute atomic E-state index is 0.220. The van der Waals surface area contributed by atoms with E-state index < -0.39 is 11.7 Å². The van der Waals surface area contributed by atoms with Crippen LogP contribution in [0.3, 0.4) is 0 Å². The topological polar surface area (TPSA) is 47.6 Å². The fourth-order valence-electron chi connectivity index (χ4n) is 2.81. The maximum atomic E-state index is 12.7. The molecule has 4 nitrogen and oxygen atoms in total. The molecule has 3 rings (SSSR count). The second-order valence-electron chi connectivity index (χ2n) is 6.32. The summed E-state index contributed by atoms with van der Waals surface area (Å²) in [6.45, 7) is 0.633. The van der Waals surface area contributed by atoms with Crippen LogP contribution in [0.15, 0.2) is 77.7 Å². The minimum Gasteiger partial charge on any atom is -0.493 e. The number of methoxy groups -OCH3 is 1. The van der Waals surface area contributed by atoms with Crippen LogP contribution in [-0.2, 0) is 13.2 Å². The first-order valence-electron chi connectivity index (χ1n) is 9.22. The predicted molar refractivity (Wildman–Crippen MR) is 113 cm³/mol. The number of carbonyl (C=O) groups is 1. The number of carbonyl (C=O) groups excluding carboxylic acids is 1. The van der Waals surface area contributed by atoms with Crippen LogP contribution in [0.5, 0.6) is 11.5 Å². The molecule has 1 N–H and O–H groups in total. The smallest absolute Gasteiger partial charge is 0.288 e. The van der Waals surface area contributed by atoms with Crippen molar-refractivity contribution in [2.45, 2.75) is 23.8 Å². The summed E-state index contributed by atoms with van der Waals surface area (Å²) in [5.74, 6) is -1.87. The van der Waals surface area contributed by atoms with E-state index in [1.165, 1.54) is 12.1 Å². The molecular weight excluding hydrogens is 408 g/mol. The second kappa shape index (κ2) is 10.6. The van der Waals surface area contributed by atoms with Gasteiger partial charge in [0.15, 0.2) is 11.5 Å². The van der Waals surface area contributed by atoms with Crippen molar-refractivity contribution in [3.63, 3.8) is 0 Å². The third-order valence-corrected chi connectivity index (χ3v) is 5.05. The molecule has 0 radical (unpaired) electrons. The quantitative estimate of drug-likeness (QED) is 0.455. The fraction of sp³-hybridized carbons (Fsp3) is 0.174. The highest BCUT2D eigenvalue weighted by molar-refractivity contribution is 7.99. The molecule has 0 aliphatic heterocycles. The molecule has 30 heavy (non-hydrogen) atoms. The predicted octanol–water partition coefficient (Wildman–Crippen LogP) is 5.52. The number of ether oxygens (including phenoxy) is 2. The van der Waals surface area contributed by atoms with Crippen molar-refractivity contribution in [1.82, 2.24) is 5.32 Å².